The average molecular weight is 247 g/mol. The Balaban J connectivity index is 2.08. The first-order valence-electron chi connectivity index (χ1n) is 5.27. The Kier molecular flexibility index (Phi) is 3.52. The summed E-state index contributed by atoms with van der Waals surface area (Å²) in [4.78, 5) is 9.79. The molecule has 0 aliphatic rings. The molecule has 2 aromatic rings. The summed E-state index contributed by atoms with van der Waals surface area (Å²) in [5.74, 6) is -0.732. The molecule has 0 aliphatic carbocycles. The zero-order valence-electron chi connectivity index (χ0n) is 9.38. The van der Waals surface area contributed by atoms with E-state index in [1.165, 1.54) is 12.1 Å². The Morgan fingerprint density at radius 2 is 1.89 bits per heavy atom. The molecule has 92 valence electrons. The van der Waals surface area contributed by atoms with Crippen molar-refractivity contribution in [2.75, 3.05) is 0 Å². The van der Waals surface area contributed by atoms with Gasteiger partial charge in [-0.3, -0.25) is 10.1 Å². The second-order valence-electron chi connectivity index (χ2n) is 3.65. The van der Waals surface area contributed by atoms with Crippen LogP contribution in [0, 0.1) is 15.9 Å². The summed E-state index contributed by atoms with van der Waals surface area (Å²) in [6, 6.07) is 12.6. The molecule has 0 saturated carbocycles. The maximum atomic E-state index is 13.5. The lowest BCUT2D eigenvalue weighted by atomic mass is 10.2. The van der Waals surface area contributed by atoms with Crippen LogP contribution in [0.2, 0.25) is 0 Å². The van der Waals surface area contributed by atoms with E-state index in [9.17, 15) is 14.5 Å². The number of ether oxygens (including phenoxy) is 1. The van der Waals surface area contributed by atoms with Gasteiger partial charge in [-0.05, 0) is 11.6 Å². The molecule has 0 amide bonds. The van der Waals surface area contributed by atoms with Crippen LogP contribution in [0.3, 0.4) is 0 Å². The molecule has 0 radical (unpaired) electrons. The number of halogens is 1. The van der Waals surface area contributed by atoms with Gasteiger partial charge in [-0.25, -0.2) is 4.39 Å². The maximum Gasteiger partial charge on any atom is 0.272 e. The third kappa shape index (κ3) is 2.82. The van der Waals surface area contributed by atoms with Gasteiger partial charge < -0.3 is 4.74 Å². The number of hydrogen-bond donors (Lipinski definition) is 0. The first-order chi connectivity index (χ1) is 8.66. The number of nitrogens with zero attached hydrogens (tertiary/aromatic N) is 1. The molecule has 0 bridgehead atoms. The number of rotatable bonds is 4. The van der Waals surface area contributed by atoms with E-state index in [0.29, 0.717) is 0 Å². The van der Waals surface area contributed by atoms with E-state index >= 15 is 0 Å². The molecule has 0 saturated heterocycles. The van der Waals surface area contributed by atoms with Crippen LogP contribution in [0.1, 0.15) is 5.56 Å². The quantitative estimate of drug-likeness (QED) is 0.615. The Morgan fingerprint density at radius 3 is 2.50 bits per heavy atom. The highest BCUT2D eigenvalue weighted by Gasteiger charge is 2.11. The highest BCUT2D eigenvalue weighted by molar-refractivity contribution is 5.37. The second kappa shape index (κ2) is 5.27. The van der Waals surface area contributed by atoms with Gasteiger partial charge in [0.1, 0.15) is 6.61 Å². The second-order valence-corrected chi connectivity index (χ2v) is 3.65. The van der Waals surface area contributed by atoms with Crippen LogP contribution in [-0.4, -0.2) is 4.92 Å². The summed E-state index contributed by atoms with van der Waals surface area (Å²) in [6.45, 7) is 0.218. The molecular formula is C13H10FNO3. The van der Waals surface area contributed by atoms with Crippen molar-refractivity contribution in [1.29, 1.82) is 0 Å². The van der Waals surface area contributed by atoms with Gasteiger partial charge in [-0.15, -0.1) is 0 Å². The molecule has 2 aromatic carbocycles. The fourth-order valence-corrected chi connectivity index (χ4v) is 1.46. The van der Waals surface area contributed by atoms with Gasteiger partial charge in [0, 0.05) is 6.07 Å². The zero-order chi connectivity index (χ0) is 13.0. The summed E-state index contributed by atoms with van der Waals surface area (Å²) >= 11 is 0. The lowest BCUT2D eigenvalue weighted by Gasteiger charge is -2.06. The number of nitro groups is 1. The number of nitro benzene ring substituents is 1. The van der Waals surface area contributed by atoms with Crippen molar-refractivity contribution in [3.63, 3.8) is 0 Å². The molecule has 0 aromatic heterocycles. The molecule has 18 heavy (non-hydrogen) atoms. The summed E-state index contributed by atoms with van der Waals surface area (Å²) in [6.07, 6.45) is 0. The van der Waals surface area contributed by atoms with E-state index in [2.05, 4.69) is 0 Å². The zero-order valence-corrected chi connectivity index (χ0v) is 9.38. The Labute approximate surface area is 103 Å². The molecular weight excluding hydrogens is 237 g/mol. The standard InChI is InChI=1S/C13H10FNO3/c14-12-8-11(15(16)17)6-7-13(12)18-9-10-4-2-1-3-5-10/h1-8H,9H2. The summed E-state index contributed by atoms with van der Waals surface area (Å²) in [5.41, 5.74) is 0.606. The predicted molar refractivity (Wildman–Crippen MR) is 63.8 cm³/mol. The van der Waals surface area contributed by atoms with Crippen LogP contribution in [0.4, 0.5) is 10.1 Å². The summed E-state index contributed by atoms with van der Waals surface area (Å²) < 4.78 is 18.7. The van der Waals surface area contributed by atoms with Crippen LogP contribution < -0.4 is 4.74 Å². The third-order valence-corrected chi connectivity index (χ3v) is 2.36. The van der Waals surface area contributed by atoms with Crippen molar-refractivity contribution in [3.05, 3.63) is 70.0 Å². The summed E-state index contributed by atoms with van der Waals surface area (Å²) in [5, 5.41) is 10.4. The van der Waals surface area contributed by atoms with E-state index in [4.69, 9.17) is 4.74 Å². The number of hydrogen-bond acceptors (Lipinski definition) is 3. The molecule has 2 rings (SSSR count). The van der Waals surface area contributed by atoms with E-state index in [-0.39, 0.29) is 18.0 Å². The molecule has 4 nitrogen and oxygen atoms in total. The molecule has 0 spiro atoms. The largest absolute Gasteiger partial charge is 0.486 e. The first kappa shape index (κ1) is 12.0. The Bertz CT molecular complexity index is 557. The lowest BCUT2D eigenvalue weighted by molar-refractivity contribution is -0.385. The molecule has 0 fully saturated rings. The van der Waals surface area contributed by atoms with Gasteiger partial charge in [0.25, 0.3) is 5.69 Å². The Morgan fingerprint density at radius 1 is 1.17 bits per heavy atom. The fourth-order valence-electron chi connectivity index (χ4n) is 1.46. The van der Waals surface area contributed by atoms with Crippen LogP contribution in [0.15, 0.2) is 48.5 Å². The van der Waals surface area contributed by atoms with Gasteiger partial charge in [0.15, 0.2) is 11.6 Å². The van der Waals surface area contributed by atoms with Crippen molar-refractivity contribution in [3.8, 4) is 5.75 Å². The number of non-ortho nitro benzene ring substituents is 1. The average Bonchev–Trinajstić information content (AvgIpc) is 2.38. The highest BCUT2D eigenvalue weighted by atomic mass is 19.1. The summed E-state index contributed by atoms with van der Waals surface area (Å²) in [7, 11) is 0. The van der Waals surface area contributed by atoms with E-state index in [0.717, 1.165) is 11.6 Å². The minimum atomic E-state index is -0.736. The van der Waals surface area contributed by atoms with Gasteiger partial charge in [-0.2, -0.15) is 0 Å². The van der Waals surface area contributed by atoms with Crippen LogP contribution in [0.25, 0.3) is 0 Å². The van der Waals surface area contributed by atoms with Gasteiger partial charge >= 0.3 is 0 Å². The van der Waals surface area contributed by atoms with Gasteiger partial charge in [0.05, 0.1) is 11.0 Å². The van der Waals surface area contributed by atoms with E-state index in [1.54, 1.807) is 0 Å². The van der Waals surface area contributed by atoms with Crippen molar-refractivity contribution < 1.29 is 14.1 Å². The van der Waals surface area contributed by atoms with E-state index in [1.807, 2.05) is 30.3 Å². The maximum absolute atomic E-state index is 13.5. The van der Waals surface area contributed by atoms with Crippen LogP contribution >= 0.6 is 0 Å². The fraction of sp³-hybridized carbons (Fsp3) is 0.0769. The molecule has 0 unspecified atom stereocenters. The third-order valence-electron chi connectivity index (χ3n) is 2.36. The van der Waals surface area contributed by atoms with Crippen molar-refractivity contribution in [1.82, 2.24) is 0 Å². The molecule has 0 N–H and O–H groups in total. The van der Waals surface area contributed by atoms with Crippen molar-refractivity contribution >= 4 is 5.69 Å². The molecule has 5 heteroatoms. The highest BCUT2D eigenvalue weighted by Crippen LogP contribution is 2.23. The molecule has 0 aliphatic heterocycles. The monoisotopic (exact) mass is 247 g/mol. The first-order valence-corrected chi connectivity index (χ1v) is 5.27. The number of benzene rings is 2. The predicted octanol–water partition coefficient (Wildman–Crippen LogP) is 3.31. The van der Waals surface area contributed by atoms with Gasteiger partial charge in [0.2, 0.25) is 0 Å². The van der Waals surface area contributed by atoms with Crippen molar-refractivity contribution in [2.24, 2.45) is 0 Å². The van der Waals surface area contributed by atoms with E-state index < -0.39 is 10.7 Å². The minimum absolute atomic E-state index is 0.00412. The topological polar surface area (TPSA) is 52.4 Å². The SMILES string of the molecule is O=[N+]([O-])c1ccc(OCc2ccccc2)c(F)c1. The van der Waals surface area contributed by atoms with Crippen LogP contribution in [-0.2, 0) is 6.61 Å². The normalized spacial score (nSPS) is 10.1. The smallest absolute Gasteiger partial charge is 0.272 e. The lowest BCUT2D eigenvalue weighted by Crippen LogP contribution is -1.98. The minimum Gasteiger partial charge on any atom is -0.486 e. The Hall–Kier alpha value is -2.43. The van der Waals surface area contributed by atoms with Crippen LogP contribution in [0.5, 0.6) is 5.75 Å². The molecule has 0 atom stereocenters. The van der Waals surface area contributed by atoms with Crippen molar-refractivity contribution in [2.45, 2.75) is 6.61 Å². The van der Waals surface area contributed by atoms with Gasteiger partial charge in [-0.1, -0.05) is 30.3 Å². The molecule has 0 heterocycles.